The minimum atomic E-state index is -3.29. The van der Waals surface area contributed by atoms with Crippen molar-refractivity contribution in [1.82, 2.24) is 10.2 Å². The van der Waals surface area contributed by atoms with E-state index >= 15 is 0 Å². The molecule has 8 heteroatoms. The lowest BCUT2D eigenvalue weighted by atomic mass is 10.0. The summed E-state index contributed by atoms with van der Waals surface area (Å²) in [4.78, 5) is 29.3. The maximum absolute atomic E-state index is 12.8. The van der Waals surface area contributed by atoms with Crippen LogP contribution >= 0.6 is 0 Å². The molecule has 1 N–H and O–H groups in total. The smallest absolute Gasteiger partial charge is 0.322 e. The average molecular weight is 442 g/mol. The first-order valence-corrected chi connectivity index (χ1v) is 12.4. The number of likely N-dealkylation sites (tertiary alicyclic amines) is 1. The quantitative estimate of drug-likeness (QED) is 0.794. The van der Waals surface area contributed by atoms with Gasteiger partial charge in [-0.2, -0.15) is 0 Å². The van der Waals surface area contributed by atoms with Crippen LogP contribution in [0, 0.1) is 6.92 Å². The predicted octanol–water partition coefficient (Wildman–Crippen LogP) is 2.78. The molecule has 0 aliphatic carbocycles. The number of carbonyl (C=O) groups excluding carboxylic acids is 2. The van der Waals surface area contributed by atoms with E-state index in [0.717, 1.165) is 18.4 Å². The fourth-order valence-corrected chi connectivity index (χ4v) is 4.88. The molecule has 0 atom stereocenters. The Bertz CT molecular complexity index is 1100. The van der Waals surface area contributed by atoms with Gasteiger partial charge in [0.25, 0.3) is 5.91 Å². The molecule has 2 aromatic rings. The molecule has 0 aromatic heterocycles. The molecule has 164 valence electrons. The molecule has 1 fully saturated rings. The molecular weight excluding hydrogens is 414 g/mol. The van der Waals surface area contributed by atoms with E-state index in [-0.39, 0.29) is 22.9 Å². The summed E-state index contributed by atoms with van der Waals surface area (Å²) in [5.41, 5.74) is 3.86. The summed E-state index contributed by atoms with van der Waals surface area (Å²) in [6, 6.07) is 12.1. The Labute approximate surface area is 183 Å². The second kappa shape index (κ2) is 8.34. The number of nitrogens with zero attached hydrogens (tertiary/aromatic N) is 2. The Hall–Kier alpha value is -2.87. The van der Waals surface area contributed by atoms with E-state index < -0.39 is 9.84 Å². The number of anilines is 1. The first-order valence-electron chi connectivity index (χ1n) is 10.5. The maximum Gasteiger partial charge on any atom is 0.322 e. The van der Waals surface area contributed by atoms with Crippen molar-refractivity contribution < 1.29 is 18.0 Å². The van der Waals surface area contributed by atoms with Crippen molar-refractivity contribution in [2.24, 2.45) is 0 Å². The third-order valence-electron chi connectivity index (χ3n) is 6.01. The Kier molecular flexibility index (Phi) is 5.75. The predicted molar refractivity (Wildman–Crippen MR) is 119 cm³/mol. The SMILES string of the molecule is Cc1ccc2c(c1)CCN2C(=O)NC1CCN(C(=O)c2ccc(S(C)(=O)=O)cc2)CC1. The average Bonchev–Trinajstić information content (AvgIpc) is 3.16. The minimum absolute atomic E-state index is 0.0265. The molecule has 0 saturated carbocycles. The molecule has 1 saturated heterocycles. The van der Waals surface area contributed by atoms with Gasteiger partial charge in [0.15, 0.2) is 9.84 Å². The van der Waals surface area contributed by atoms with Crippen molar-refractivity contribution in [3.63, 3.8) is 0 Å². The van der Waals surface area contributed by atoms with Crippen molar-refractivity contribution in [1.29, 1.82) is 0 Å². The lowest BCUT2D eigenvalue weighted by molar-refractivity contribution is 0.0708. The molecule has 3 amide bonds. The van der Waals surface area contributed by atoms with Crippen LogP contribution in [0.15, 0.2) is 47.4 Å². The molecule has 2 aliphatic heterocycles. The topological polar surface area (TPSA) is 86.8 Å². The first kappa shape index (κ1) is 21.4. The zero-order valence-corrected chi connectivity index (χ0v) is 18.6. The van der Waals surface area contributed by atoms with E-state index in [1.165, 1.54) is 23.3 Å². The van der Waals surface area contributed by atoms with Gasteiger partial charge in [0.05, 0.1) is 4.90 Å². The molecule has 0 bridgehead atoms. The van der Waals surface area contributed by atoms with Gasteiger partial charge in [0, 0.05) is 43.2 Å². The number of fused-ring (bicyclic) bond motifs is 1. The third-order valence-corrected chi connectivity index (χ3v) is 7.14. The summed E-state index contributed by atoms with van der Waals surface area (Å²) in [5.74, 6) is -0.117. The fraction of sp³-hybridized carbons (Fsp3) is 0.391. The highest BCUT2D eigenvalue weighted by Crippen LogP contribution is 2.29. The Morgan fingerprint density at radius 2 is 1.68 bits per heavy atom. The summed E-state index contributed by atoms with van der Waals surface area (Å²) < 4.78 is 23.2. The first-order chi connectivity index (χ1) is 14.7. The number of rotatable bonds is 3. The summed E-state index contributed by atoms with van der Waals surface area (Å²) in [6.07, 6.45) is 3.39. The number of aryl methyl sites for hydroxylation is 1. The van der Waals surface area contributed by atoms with Crippen LogP contribution in [-0.2, 0) is 16.3 Å². The van der Waals surface area contributed by atoms with Gasteiger partial charge >= 0.3 is 6.03 Å². The monoisotopic (exact) mass is 441 g/mol. The van der Waals surface area contributed by atoms with Crippen molar-refractivity contribution in [3.8, 4) is 0 Å². The van der Waals surface area contributed by atoms with E-state index in [2.05, 4.69) is 18.3 Å². The lowest BCUT2D eigenvalue weighted by Gasteiger charge is -2.33. The fourth-order valence-electron chi connectivity index (χ4n) is 4.25. The van der Waals surface area contributed by atoms with Crippen LogP contribution in [0.25, 0.3) is 0 Å². The molecule has 2 aromatic carbocycles. The third kappa shape index (κ3) is 4.58. The Morgan fingerprint density at radius 3 is 2.32 bits per heavy atom. The van der Waals surface area contributed by atoms with Gasteiger partial charge in [-0.3, -0.25) is 9.69 Å². The summed E-state index contributed by atoms with van der Waals surface area (Å²) >= 11 is 0. The molecule has 4 rings (SSSR count). The van der Waals surface area contributed by atoms with Crippen LogP contribution < -0.4 is 10.2 Å². The van der Waals surface area contributed by atoms with E-state index in [0.29, 0.717) is 38.0 Å². The molecule has 2 aliphatic rings. The van der Waals surface area contributed by atoms with Crippen LogP contribution in [0.4, 0.5) is 10.5 Å². The normalized spacial score (nSPS) is 16.8. The zero-order valence-electron chi connectivity index (χ0n) is 17.8. The Balaban J connectivity index is 1.32. The molecule has 0 radical (unpaired) electrons. The van der Waals surface area contributed by atoms with Crippen LogP contribution in [0.2, 0.25) is 0 Å². The van der Waals surface area contributed by atoms with Crippen molar-refractivity contribution in [3.05, 3.63) is 59.2 Å². The van der Waals surface area contributed by atoms with E-state index in [9.17, 15) is 18.0 Å². The van der Waals surface area contributed by atoms with Crippen molar-refractivity contribution in [2.75, 3.05) is 30.8 Å². The van der Waals surface area contributed by atoms with Crippen molar-refractivity contribution >= 4 is 27.5 Å². The standard InChI is InChI=1S/C23H27N3O4S/c1-16-3-8-21-18(15-16)9-14-26(21)23(28)24-19-10-12-25(13-11-19)22(27)17-4-6-20(7-5-17)31(2,29)30/h3-8,15,19H,9-14H2,1-2H3,(H,24,28). The van der Waals surface area contributed by atoms with Gasteiger partial charge in [-0.15, -0.1) is 0 Å². The number of sulfone groups is 1. The lowest BCUT2D eigenvalue weighted by Crippen LogP contribution is -2.50. The summed E-state index contributed by atoms with van der Waals surface area (Å²) in [5, 5.41) is 3.12. The van der Waals surface area contributed by atoms with Crippen LogP contribution in [0.5, 0.6) is 0 Å². The highest BCUT2D eigenvalue weighted by atomic mass is 32.2. The molecular formula is C23H27N3O4S. The van der Waals surface area contributed by atoms with E-state index in [4.69, 9.17) is 0 Å². The summed E-state index contributed by atoms with van der Waals surface area (Å²) in [7, 11) is -3.29. The minimum Gasteiger partial charge on any atom is -0.338 e. The van der Waals surface area contributed by atoms with Gasteiger partial charge in [0.2, 0.25) is 0 Å². The molecule has 2 heterocycles. The van der Waals surface area contributed by atoms with E-state index in [1.807, 2.05) is 12.1 Å². The Morgan fingerprint density at radius 1 is 1.00 bits per heavy atom. The largest absolute Gasteiger partial charge is 0.338 e. The number of urea groups is 1. The van der Waals surface area contributed by atoms with Gasteiger partial charge in [-0.1, -0.05) is 17.7 Å². The molecule has 31 heavy (non-hydrogen) atoms. The number of nitrogens with one attached hydrogen (secondary N) is 1. The second-order valence-corrected chi connectivity index (χ2v) is 10.4. The van der Waals surface area contributed by atoms with Crippen LogP contribution in [0.3, 0.4) is 0 Å². The van der Waals surface area contributed by atoms with Gasteiger partial charge < -0.3 is 10.2 Å². The molecule has 0 unspecified atom stereocenters. The number of amides is 3. The molecule has 7 nitrogen and oxygen atoms in total. The number of piperidine rings is 1. The van der Waals surface area contributed by atoms with E-state index in [1.54, 1.807) is 21.9 Å². The van der Waals surface area contributed by atoms with Crippen LogP contribution in [0.1, 0.15) is 34.3 Å². The maximum atomic E-state index is 12.8. The zero-order chi connectivity index (χ0) is 22.2. The molecule has 0 spiro atoms. The van der Waals surface area contributed by atoms with Gasteiger partial charge in [0.1, 0.15) is 0 Å². The van der Waals surface area contributed by atoms with Gasteiger partial charge in [-0.05, 0) is 62.1 Å². The number of benzene rings is 2. The highest BCUT2D eigenvalue weighted by molar-refractivity contribution is 7.90. The number of carbonyl (C=O) groups is 2. The van der Waals surface area contributed by atoms with Crippen LogP contribution in [-0.4, -0.2) is 57.2 Å². The van der Waals surface area contributed by atoms with Gasteiger partial charge in [-0.25, -0.2) is 13.2 Å². The number of hydrogen-bond acceptors (Lipinski definition) is 4. The summed E-state index contributed by atoms with van der Waals surface area (Å²) in [6.45, 7) is 3.84. The second-order valence-electron chi connectivity index (χ2n) is 8.35. The van der Waals surface area contributed by atoms with Crippen molar-refractivity contribution in [2.45, 2.75) is 37.1 Å². The highest BCUT2D eigenvalue weighted by Gasteiger charge is 2.29. The number of hydrogen-bond donors (Lipinski definition) is 1.